The summed E-state index contributed by atoms with van der Waals surface area (Å²) in [5.41, 5.74) is 1.20. The van der Waals surface area contributed by atoms with Crippen molar-refractivity contribution >= 4 is 11.7 Å². The molecule has 1 aromatic rings. The SMILES string of the molecule is CC(C)C[C@H](NCc1ccc(N2CC(F)(F)C2)c(OCC2CC2)n1)C(=O)O. The second-order valence-electron chi connectivity index (χ2n) is 7.99. The second kappa shape index (κ2) is 7.96. The number of ether oxygens (including phenoxy) is 1. The smallest absolute Gasteiger partial charge is 0.320 e. The summed E-state index contributed by atoms with van der Waals surface area (Å²) in [5.74, 6) is -2.44. The first-order chi connectivity index (χ1) is 12.7. The lowest BCUT2D eigenvalue weighted by Crippen LogP contribution is -2.56. The van der Waals surface area contributed by atoms with Crippen LogP contribution in [0.25, 0.3) is 0 Å². The van der Waals surface area contributed by atoms with Crippen molar-refractivity contribution in [3.8, 4) is 5.88 Å². The number of carbonyl (C=O) groups is 1. The molecule has 150 valence electrons. The van der Waals surface area contributed by atoms with E-state index in [1.807, 2.05) is 13.8 Å². The fourth-order valence-corrected chi connectivity index (χ4v) is 3.05. The number of carboxylic acid groups (broad SMARTS) is 1. The van der Waals surface area contributed by atoms with E-state index in [4.69, 9.17) is 4.74 Å². The molecular formula is C19H27F2N3O3. The van der Waals surface area contributed by atoms with E-state index in [0.717, 1.165) is 12.8 Å². The standard InChI is InChI=1S/C19H27F2N3O3/c1-12(2)7-15(18(25)26)22-8-14-5-6-16(24-10-19(20,21)11-24)17(23-14)27-9-13-3-4-13/h5-6,12-13,15,22H,3-4,7-11H2,1-2H3,(H,25,26)/t15-/m0/s1. The van der Waals surface area contributed by atoms with E-state index in [1.165, 1.54) is 0 Å². The molecule has 2 heterocycles. The van der Waals surface area contributed by atoms with Gasteiger partial charge < -0.3 is 14.7 Å². The zero-order valence-corrected chi connectivity index (χ0v) is 15.8. The number of alkyl halides is 2. The van der Waals surface area contributed by atoms with E-state index in [1.54, 1.807) is 17.0 Å². The molecule has 2 aliphatic rings. The molecule has 1 aliphatic carbocycles. The number of nitrogens with one attached hydrogen (secondary N) is 1. The Morgan fingerprint density at radius 3 is 2.67 bits per heavy atom. The third kappa shape index (κ3) is 5.51. The largest absolute Gasteiger partial charge is 0.480 e. The number of halogens is 2. The summed E-state index contributed by atoms with van der Waals surface area (Å²) in [6, 6.07) is 2.81. The van der Waals surface area contributed by atoms with E-state index in [2.05, 4.69) is 10.3 Å². The number of carboxylic acids is 1. The number of hydrogen-bond donors (Lipinski definition) is 2. The average molecular weight is 383 g/mol. The molecule has 0 radical (unpaired) electrons. The number of nitrogens with zero attached hydrogens (tertiary/aromatic N) is 2. The van der Waals surface area contributed by atoms with E-state index >= 15 is 0 Å². The van der Waals surface area contributed by atoms with Gasteiger partial charge in [0.2, 0.25) is 5.88 Å². The van der Waals surface area contributed by atoms with Crippen LogP contribution in [0.2, 0.25) is 0 Å². The van der Waals surface area contributed by atoms with Crippen LogP contribution >= 0.6 is 0 Å². The lowest BCUT2D eigenvalue weighted by molar-refractivity contribution is -0.140. The molecule has 0 aromatic carbocycles. The minimum atomic E-state index is -2.67. The molecule has 6 nitrogen and oxygen atoms in total. The molecule has 1 saturated carbocycles. The number of rotatable bonds is 10. The zero-order valence-electron chi connectivity index (χ0n) is 15.8. The van der Waals surface area contributed by atoms with Crippen molar-refractivity contribution in [2.24, 2.45) is 11.8 Å². The average Bonchev–Trinajstić information content (AvgIpc) is 3.38. The maximum atomic E-state index is 13.2. The van der Waals surface area contributed by atoms with Crippen molar-refractivity contribution in [3.05, 3.63) is 17.8 Å². The van der Waals surface area contributed by atoms with Gasteiger partial charge in [-0.25, -0.2) is 13.8 Å². The summed E-state index contributed by atoms with van der Waals surface area (Å²) in [7, 11) is 0. The molecule has 0 bridgehead atoms. The molecule has 27 heavy (non-hydrogen) atoms. The van der Waals surface area contributed by atoms with Crippen molar-refractivity contribution in [2.75, 3.05) is 24.6 Å². The van der Waals surface area contributed by atoms with Gasteiger partial charge in [-0.05, 0) is 43.2 Å². The van der Waals surface area contributed by atoms with Crippen LogP contribution in [-0.2, 0) is 11.3 Å². The highest BCUT2D eigenvalue weighted by Gasteiger charge is 2.45. The van der Waals surface area contributed by atoms with Crippen LogP contribution in [0, 0.1) is 11.8 Å². The summed E-state index contributed by atoms with van der Waals surface area (Å²) >= 11 is 0. The number of pyridine rings is 1. The molecule has 0 unspecified atom stereocenters. The normalized spacial score (nSPS) is 19.7. The third-order valence-electron chi connectivity index (χ3n) is 4.77. The van der Waals surface area contributed by atoms with Crippen LogP contribution in [0.4, 0.5) is 14.5 Å². The lowest BCUT2D eigenvalue weighted by Gasteiger charge is -2.40. The molecule has 2 N–H and O–H groups in total. The molecule has 0 amide bonds. The number of aromatic nitrogens is 1. The van der Waals surface area contributed by atoms with Crippen LogP contribution in [0.5, 0.6) is 5.88 Å². The van der Waals surface area contributed by atoms with Gasteiger partial charge >= 0.3 is 5.97 Å². The number of anilines is 1. The Hall–Kier alpha value is -1.96. The molecular weight excluding hydrogens is 356 g/mol. The Labute approximate surface area is 157 Å². The van der Waals surface area contributed by atoms with E-state index in [9.17, 15) is 18.7 Å². The minimum Gasteiger partial charge on any atom is -0.480 e. The van der Waals surface area contributed by atoms with Gasteiger partial charge in [-0.1, -0.05) is 13.8 Å². The van der Waals surface area contributed by atoms with Crippen molar-refractivity contribution in [1.82, 2.24) is 10.3 Å². The Bertz CT molecular complexity index is 672. The molecule has 3 rings (SSSR count). The van der Waals surface area contributed by atoms with Gasteiger partial charge in [0.05, 0.1) is 25.4 Å². The first kappa shape index (κ1) is 19.8. The quantitative estimate of drug-likeness (QED) is 0.647. The zero-order chi connectivity index (χ0) is 19.6. The molecule has 0 spiro atoms. The van der Waals surface area contributed by atoms with Crippen LogP contribution in [0.1, 0.15) is 38.8 Å². The van der Waals surface area contributed by atoms with Gasteiger partial charge in [-0.2, -0.15) is 0 Å². The van der Waals surface area contributed by atoms with Crippen molar-refractivity contribution < 1.29 is 23.4 Å². The maximum Gasteiger partial charge on any atom is 0.320 e. The molecule has 8 heteroatoms. The van der Waals surface area contributed by atoms with Gasteiger partial charge in [0.25, 0.3) is 5.92 Å². The van der Waals surface area contributed by atoms with Gasteiger partial charge in [-0.15, -0.1) is 0 Å². The Morgan fingerprint density at radius 1 is 1.41 bits per heavy atom. The van der Waals surface area contributed by atoms with Crippen molar-refractivity contribution in [3.63, 3.8) is 0 Å². The molecule has 1 aromatic heterocycles. The summed E-state index contributed by atoms with van der Waals surface area (Å²) < 4.78 is 32.3. The molecule has 1 saturated heterocycles. The van der Waals surface area contributed by atoms with Crippen molar-refractivity contribution in [1.29, 1.82) is 0 Å². The minimum absolute atomic E-state index is 0.249. The molecule has 2 fully saturated rings. The van der Waals surface area contributed by atoms with Crippen LogP contribution in [0.3, 0.4) is 0 Å². The first-order valence-corrected chi connectivity index (χ1v) is 9.45. The fourth-order valence-electron chi connectivity index (χ4n) is 3.05. The van der Waals surface area contributed by atoms with E-state index < -0.39 is 17.9 Å². The first-order valence-electron chi connectivity index (χ1n) is 9.45. The fraction of sp³-hybridized carbons (Fsp3) is 0.684. The summed E-state index contributed by atoms with van der Waals surface area (Å²) in [6.07, 6.45) is 2.75. The van der Waals surface area contributed by atoms with Gasteiger partial charge in [0.15, 0.2) is 0 Å². The number of hydrogen-bond acceptors (Lipinski definition) is 5. The lowest BCUT2D eigenvalue weighted by atomic mass is 10.0. The van der Waals surface area contributed by atoms with Crippen LogP contribution in [-0.4, -0.2) is 47.7 Å². The summed E-state index contributed by atoms with van der Waals surface area (Å²) in [4.78, 5) is 17.4. The summed E-state index contributed by atoms with van der Waals surface area (Å²) in [6.45, 7) is 4.09. The molecule has 1 aliphatic heterocycles. The number of aliphatic carboxylic acids is 1. The predicted octanol–water partition coefficient (Wildman–Crippen LogP) is 2.91. The van der Waals surface area contributed by atoms with Gasteiger partial charge in [-0.3, -0.25) is 10.1 Å². The van der Waals surface area contributed by atoms with Gasteiger partial charge in [0, 0.05) is 6.54 Å². The Kier molecular flexibility index (Phi) is 5.83. The van der Waals surface area contributed by atoms with Crippen LogP contribution < -0.4 is 15.0 Å². The summed E-state index contributed by atoms with van der Waals surface area (Å²) in [5, 5.41) is 12.3. The topological polar surface area (TPSA) is 74.7 Å². The van der Waals surface area contributed by atoms with E-state index in [0.29, 0.717) is 36.2 Å². The predicted molar refractivity (Wildman–Crippen MR) is 97.3 cm³/mol. The highest BCUT2D eigenvalue weighted by molar-refractivity contribution is 5.73. The third-order valence-corrected chi connectivity index (χ3v) is 4.77. The second-order valence-corrected chi connectivity index (χ2v) is 7.99. The van der Waals surface area contributed by atoms with Crippen LogP contribution in [0.15, 0.2) is 12.1 Å². The molecule has 1 atom stereocenters. The van der Waals surface area contributed by atoms with E-state index in [-0.39, 0.29) is 25.6 Å². The Morgan fingerprint density at radius 2 is 2.11 bits per heavy atom. The van der Waals surface area contributed by atoms with Crippen molar-refractivity contribution in [2.45, 2.75) is 51.6 Å². The van der Waals surface area contributed by atoms with Gasteiger partial charge in [0.1, 0.15) is 11.7 Å². The highest BCUT2D eigenvalue weighted by atomic mass is 19.3. The highest BCUT2D eigenvalue weighted by Crippen LogP contribution is 2.37. The maximum absolute atomic E-state index is 13.2. The monoisotopic (exact) mass is 383 g/mol. The Balaban J connectivity index is 1.67.